The first-order valence-corrected chi connectivity index (χ1v) is 13.9. The molecular weight excluding hydrogens is 504 g/mol. The summed E-state index contributed by atoms with van der Waals surface area (Å²) in [4.78, 5) is 25.6. The first-order chi connectivity index (χ1) is 19.6. The lowest BCUT2D eigenvalue weighted by atomic mass is 10.0. The van der Waals surface area contributed by atoms with Crippen LogP contribution in [0.5, 0.6) is 11.5 Å². The summed E-state index contributed by atoms with van der Waals surface area (Å²) in [6.07, 6.45) is 12.3. The van der Waals surface area contributed by atoms with Crippen LogP contribution in [0.15, 0.2) is 84.9 Å². The lowest BCUT2D eigenvalue weighted by Crippen LogP contribution is -2.24. The summed E-state index contributed by atoms with van der Waals surface area (Å²) in [5, 5.41) is 0. The fraction of sp³-hybridized carbons (Fsp3) is 0.294. The Hall–Kier alpha value is -4.00. The van der Waals surface area contributed by atoms with Gasteiger partial charge in [-0.3, -0.25) is 9.59 Å². The Kier molecular flexibility index (Phi) is 9.56. The maximum atomic E-state index is 12.8. The minimum atomic E-state index is -0.191. The molecule has 2 fully saturated rings. The van der Waals surface area contributed by atoms with Gasteiger partial charge in [-0.1, -0.05) is 54.6 Å². The molecule has 5 rings (SSSR count). The van der Waals surface area contributed by atoms with Crippen LogP contribution in [0, 0.1) is 0 Å². The summed E-state index contributed by atoms with van der Waals surface area (Å²) < 4.78 is 23.0. The minimum Gasteiger partial charge on any atom is -0.465 e. The number of rotatable bonds is 10. The van der Waals surface area contributed by atoms with Gasteiger partial charge >= 0.3 is 0 Å². The van der Waals surface area contributed by atoms with Gasteiger partial charge in [-0.25, -0.2) is 0 Å². The van der Waals surface area contributed by atoms with Gasteiger partial charge in [-0.05, 0) is 79.3 Å². The third-order valence-corrected chi connectivity index (χ3v) is 6.86. The van der Waals surface area contributed by atoms with Gasteiger partial charge in [0.25, 0.3) is 0 Å². The van der Waals surface area contributed by atoms with Gasteiger partial charge in [-0.15, -0.1) is 0 Å². The number of allylic oxidation sites excluding steroid dienone is 2. The molecule has 0 spiro atoms. The number of ether oxygens (including phenoxy) is 4. The van der Waals surface area contributed by atoms with E-state index in [4.69, 9.17) is 18.9 Å². The van der Waals surface area contributed by atoms with Crippen LogP contribution in [0.4, 0.5) is 0 Å². The van der Waals surface area contributed by atoms with E-state index in [-0.39, 0.29) is 24.1 Å². The van der Waals surface area contributed by atoms with Crippen molar-refractivity contribution in [2.45, 2.75) is 51.1 Å². The summed E-state index contributed by atoms with van der Waals surface area (Å²) in [5.74, 6) is 1.14. The molecule has 0 aromatic heterocycles. The van der Waals surface area contributed by atoms with Gasteiger partial charge in [0.05, 0.1) is 13.2 Å². The molecule has 0 bridgehead atoms. The summed E-state index contributed by atoms with van der Waals surface area (Å²) in [7, 11) is 0. The largest absolute Gasteiger partial charge is 0.465 e. The predicted octanol–water partition coefficient (Wildman–Crippen LogP) is 7.29. The topological polar surface area (TPSA) is 71.1 Å². The first-order valence-electron chi connectivity index (χ1n) is 13.9. The molecule has 6 heteroatoms. The van der Waals surface area contributed by atoms with Gasteiger partial charge in [0.2, 0.25) is 0 Å². The van der Waals surface area contributed by atoms with Gasteiger partial charge in [0, 0.05) is 24.0 Å². The van der Waals surface area contributed by atoms with Crippen molar-refractivity contribution in [3.05, 3.63) is 107 Å². The number of hydrogen-bond acceptors (Lipinski definition) is 6. The Bertz CT molecular complexity index is 1230. The highest BCUT2D eigenvalue weighted by atomic mass is 16.7. The average molecular weight is 539 g/mol. The Morgan fingerprint density at radius 1 is 0.625 bits per heavy atom. The van der Waals surface area contributed by atoms with Gasteiger partial charge in [-0.2, -0.15) is 0 Å². The van der Waals surface area contributed by atoms with Crippen molar-refractivity contribution in [1.29, 1.82) is 0 Å². The Labute approximate surface area is 235 Å². The fourth-order valence-electron chi connectivity index (χ4n) is 4.59. The molecule has 206 valence electrons. The third kappa shape index (κ3) is 8.01. The van der Waals surface area contributed by atoms with Crippen molar-refractivity contribution in [2.24, 2.45) is 0 Å². The molecule has 2 aliphatic heterocycles. The highest BCUT2D eigenvalue weighted by Gasteiger charge is 2.16. The molecule has 0 amide bonds. The molecule has 2 atom stereocenters. The van der Waals surface area contributed by atoms with Crippen molar-refractivity contribution in [3.8, 4) is 11.5 Å². The molecule has 2 aliphatic rings. The summed E-state index contributed by atoms with van der Waals surface area (Å²) in [5.41, 5.74) is 2.67. The van der Waals surface area contributed by atoms with Crippen LogP contribution < -0.4 is 9.47 Å². The lowest BCUT2D eigenvalue weighted by Gasteiger charge is -2.23. The minimum absolute atomic E-state index is 0.174. The standard InChI is InChI=1S/C34H34O6/c35-31(20-14-25-10-16-29(17-11-25)39-33-8-1-3-22-37-33)27-6-5-7-28(24-27)32(36)21-15-26-12-18-30(19-13-26)40-34-9-2-4-23-38-34/h5-7,10-21,24,33-34H,1-4,8-9,22-23H2/b20-14+,21-15+. The quantitative estimate of drug-likeness (QED) is 0.199. The van der Waals surface area contributed by atoms with E-state index in [1.165, 1.54) is 12.2 Å². The highest BCUT2D eigenvalue weighted by molar-refractivity contribution is 6.11. The summed E-state index contributed by atoms with van der Waals surface area (Å²) in [6, 6.07) is 21.9. The Morgan fingerprint density at radius 2 is 1.07 bits per heavy atom. The lowest BCUT2D eigenvalue weighted by molar-refractivity contribution is -0.106. The Balaban J connectivity index is 1.14. The fourth-order valence-corrected chi connectivity index (χ4v) is 4.59. The SMILES string of the molecule is O=C(/C=C/c1ccc(OC2CCCCO2)cc1)c1cccc(C(=O)/C=C/c2ccc(OC3CCCCO3)cc2)c1. The van der Waals surface area contributed by atoms with E-state index in [9.17, 15) is 9.59 Å². The van der Waals surface area contributed by atoms with E-state index in [1.807, 2.05) is 48.5 Å². The molecule has 3 aromatic carbocycles. The molecule has 0 radical (unpaired) electrons. The number of carbonyl (C=O) groups excluding carboxylic acids is 2. The van der Waals surface area contributed by atoms with Crippen LogP contribution in [0.1, 0.15) is 70.4 Å². The molecule has 2 heterocycles. The second-order valence-electron chi connectivity index (χ2n) is 9.94. The van der Waals surface area contributed by atoms with Crippen LogP contribution in [0.25, 0.3) is 12.2 Å². The zero-order chi connectivity index (χ0) is 27.6. The summed E-state index contributed by atoms with van der Waals surface area (Å²) in [6.45, 7) is 1.47. The number of benzene rings is 3. The molecule has 0 aliphatic carbocycles. The molecule has 2 unspecified atom stereocenters. The monoisotopic (exact) mass is 538 g/mol. The van der Waals surface area contributed by atoms with Crippen LogP contribution in [0.3, 0.4) is 0 Å². The van der Waals surface area contributed by atoms with Gasteiger partial charge in [0.1, 0.15) is 11.5 Å². The van der Waals surface area contributed by atoms with Crippen LogP contribution in [-0.2, 0) is 9.47 Å². The number of ketones is 2. The second-order valence-corrected chi connectivity index (χ2v) is 9.94. The van der Waals surface area contributed by atoms with E-state index in [0.717, 1.165) is 74.4 Å². The maximum Gasteiger partial charge on any atom is 0.199 e. The number of hydrogen-bond donors (Lipinski definition) is 0. The van der Waals surface area contributed by atoms with Crippen LogP contribution >= 0.6 is 0 Å². The van der Waals surface area contributed by atoms with Gasteiger partial charge < -0.3 is 18.9 Å². The van der Waals surface area contributed by atoms with Gasteiger partial charge in [0.15, 0.2) is 24.1 Å². The van der Waals surface area contributed by atoms with Crippen molar-refractivity contribution in [1.82, 2.24) is 0 Å². The van der Waals surface area contributed by atoms with E-state index < -0.39 is 0 Å². The highest BCUT2D eigenvalue weighted by Crippen LogP contribution is 2.22. The molecule has 40 heavy (non-hydrogen) atoms. The van der Waals surface area contributed by atoms with E-state index in [2.05, 4.69) is 0 Å². The summed E-state index contributed by atoms with van der Waals surface area (Å²) >= 11 is 0. The molecule has 0 saturated carbocycles. The molecular formula is C34H34O6. The van der Waals surface area contributed by atoms with Crippen molar-refractivity contribution < 1.29 is 28.5 Å². The molecule has 2 saturated heterocycles. The van der Waals surface area contributed by atoms with E-state index in [0.29, 0.717) is 11.1 Å². The van der Waals surface area contributed by atoms with Crippen molar-refractivity contribution >= 4 is 23.7 Å². The average Bonchev–Trinajstić information content (AvgIpc) is 3.01. The molecule has 0 N–H and O–H groups in total. The zero-order valence-corrected chi connectivity index (χ0v) is 22.5. The predicted molar refractivity (Wildman–Crippen MR) is 154 cm³/mol. The normalized spacial score (nSPS) is 19.5. The third-order valence-electron chi connectivity index (χ3n) is 6.86. The van der Waals surface area contributed by atoms with Crippen molar-refractivity contribution in [3.63, 3.8) is 0 Å². The smallest absolute Gasteiger partial charge is 0.199 e. The van der Waals surface area contributed by atoms with Crippen LogP contribution in [-0.4, -0.2) is 37.4 Å². The van der Waals surface area contributed by atoms with Crippen molar-refractivity contribution in [2.75, 3.05) is 13.2 Å². The zero-order valence-electron chi connectivity index (χ0n) is 22.5. The number of carbonyl (C=O) groups is 2. The van der Waals surface area contributed by atoms with E-state index >= 15 is 0 Å². The molecule has 3 aromatic rings. The second kappa shape index (κ2) is 13.9. The molecule has 6 nitrogen and oxygen atoms in total. The van der Waals surface area contributed by atoms with Crippen LogP contribution in [0.2, 0.25) is 0 Å². The Morgan fingerprint density at radius 3 is 1.48 bits per heavy atom. The maximum absolute atomic E-state index is 12.8. The first kappa shape index (κ1) is 27.6. The van der Waals surface area contributed by atoms with E-state index in [1.54, 1.807) is 36.4 Å².